The van der Waals surface area contributed by atoms with Crippen molar-refractivity contribution in [2.45, 2.75) is 123 Å². The zero-order chi connectivity index (χ0) is 37.8. The maximum absolute atomic E-state index is 13.3. The highest BCUT2D eigenvalue weighted by Gasteiger charge is 2.26. The fraction of sp³-hybridized carbons (Fsp3) is 0.579. The van der Waals surface area contributed by atoms with Crippen molar-refractivity contribution < 1.29 is 14.3 Å². The molecule has 6 aromatic heterocycles. The van der Waals surface area contributed by atoms with Crippen molar-refractivity contribution in [1.29, 1.82) is 0 Å². The number of nitrogens with zero attached hydrogens (tertiary/aromatic N) is 9. The average molecular weight is 755 g/mol. The molecule has 2 saturated carbocycles. The zero-order valence-electron chi connectivity index (χ0n) is 32.2. The maximum Gasteiger partial charge on any atom is 0.255 e. The van der Waals surface area contributed by atoms with Crippen LogP contribution >= 0.6 is 0 Å². The van der Waals surface area contributed by atoms with Gasteiger partial charge in [-0.2, -0.15) is 0 Å². The van der Waals surface area contributed by atoms with Gasteiger partial charge in [-0.1, -0.05) is 46.3 Å². The summed E-state index contributed by atoms with van der Waals surface area (Å²) in [6, 6.07) is 1.60. The van der Waals surface area contributed by atoms with E-state index in [0.29, 0.717) is 47.1 Å². The Morgan fingerprint density at radius 1 is 0.796 bits per heavy atom. The summed E-state index contributed by atoms with van der Waals surface area (Å²) in [7, 11) is -1.16. The molecule has 0 bridgehead atoms. The Morgan fingerprint density at radius 3 is 1.93 bits per heavy atom. The van der Waals surface area contributed by atoms with Gasteiger partial charge in [-0.25, -0.2) is 9.97 Å². The molecule has 0 aliphatic heterocycles. The third-order valence-electron chi connectivity index (χ3n) is 11.3. The number of aromatic nitrogens is 10. The van der Waals surface area contributed by atoms with E-state index in [4.69, 9.17) is 4.74 Å². The predicted octanol–water partition coefficient (Wildman–Crippen LogP) is 6.39. The van der Waals surface area contributed by atoms with Crippen LogP contribution in [0.1, 0.15) is 98.8 Å². The lowest BCUT2D eigenvalue weighted by molar-refractivity contribution is 0.0885. The molecule has 0 atom stereocenters. The van der Waals surface area contributed by atoms with Gasteiger partial charge in [0, 0.05) is 39.2 Å². The molecule has 2 aliphatic carbocycles. The van der Waals surface area contributed by atoms with Gasteiger partial charge in [-0.15, -0.1) is 20.4 Å². The summed E-state index contributed by atoms with van der Waals surface area (Å²) >= 11 is 0. The first-order valence-corrected chi connectivity index (χ1v) is 23.3. The average Bonchev–Trinajstić information content (AvgIpc) is 3.98. The summed E-state index contributed by atoms with van der Waals surface area (Å²) in [5.41, 5.74) is 5.28. The van der Waals surface area contributed by atoms with Gasteiger partial charge in [0.25, 0.3) is 11.8 Å². The highest BCUT2D eigenvalue weighted by molar-refractivity contribution is 6.76. The van der Waals surface area contributed by atoms with Gasteiger partial charge < -0.3 is 24.9 Å². The van der Waals surface area contributed by atoms with Crippen LogP contribution < -0.4 is 10.6 Å². The number of fused-ring (bicyclic) bond motifs is 6. The standard InChI is InChI=1S/C22H34N6O2Si.C16H20N6O/c1-5-16-6-8-17(9-7-16)25-22(29)18-13-27(15-30-10-11-31(2,3)4)21-20(18)28-14-24-26-19(28)12-23-21;1-2-10-3-5-11(6-4-10)20-16(23)12-7-17-15-14(12)22-9-19-21-13(22)8-18-15/h12-14,16-17H,5-11,15H2,1-4H3,(H,25,29);7-11,17H,2-6H2,1H3,(H,20,23). The Bertz CT molecular complexity index is 2200. The van der Waals surface area contributed by atoms with Gasteiger partial charge in [-0.05, 0) is 69.2 Å². The van der Waals surface area contributed by atoms with Gasteiger partial charge in [0.15, 0.2) is 22.6 Å². The normalized spacial score (nSPS) is 20.7. The molecule has 0 saturated heterocycles. The van der Waals surface area contributed by atoms with Crippen molar-refractivity contribution in [2.24, 2.45) is 11.8 Å². The summed E-state index contributed by atoms with van der Waals surface area (Å²) in [4.78, 5) is 37.9. The molecule has 0 aromatic carbocycles. The predicted molar refractivity (Wildman–Crippen MR) is 210 cm³/mol. The molecular weight excluding hydrogens is 701 g/mol. The molecule has 54 heavy (non-hydrogen) atoms. The quantitative estimate of drug-likeness (QED) is 0.1000. The number of hydrogen-bond acceptors (Lipinski definition) is 9. The molecule has 6 aromatic rings. The number of ether oxygens (including phenoxy) is 1. The molecule has 15 nitrogen and oxygen atoms in total. The van der Waals surface area contributed by atoms with E-state index >= 15 is 0 Å². The molecule has 6 heterocycles. The smallest absolute Gasteiger partial charge is 0.255 e. The third-order valence-corrected chi connectivity index (χ3v) is 13.0. The number of nitrogens with one attached hydrogen (secondary N) is 3. The summed E-state index contributed by atoms with van der Waals surface area (Å²) in [5.74, 6) is 1.49. The second-order valence-electron chi connectivity index (χ2n) is 16.3. The van der Waals surface area contributed by atoms with Gasteiger partial charge in [0.1, 0.15) is 30.4 Å². The largest absolute Gasteiger partial charge is 0.361 e. The summed E-state index contributed by atoms with van der Waals surface area (Å²) in [6.45, 7) is 12.6. The minimum absolute atomic E-state index is 0.0563. The highest BCUT2D eigenvalue weighted by Crippen LogP contribution is 2.29. The number of amides is 2. The second kappa shape index (κ2) is 16.3. The molecule has 2 aliphatic rings. The van der Waals surface area contributed by atoms with E-state index in [-0.39, 0.29) is 23.9 Å². The maximum atomic E-state index is 13.3. The number of rotatable bonds is 11. The number of carbonyl (C=O) groups is 2. The van der Waals surface area contributed by atoms with E-state index in [1.807, 2.05) is 15.2 Å². The fourth-order valence-corrected chi connectivity index (χ4v) is 8.60. The zero-order valence-corrected chi connectivity index (χ0v) is 33.2. The molecule has 288 valence electrons. The minimum Gasteiger partial charge on any atom is -0.361 e. The van der Waals surface area contributed by atoms with Crippen LogP contribution in [0.2, 0.25) is 25.7 Å². The van der Waals surface area contributed by atoms with Crippen molar-refractivity contribution in [3.8, 4) is 0 Å². The summed E-state index contributed by atoms with van der Waals surface area (Å²) < 4.78 is 11.5. The molecular formula is C38H54N12O3Si. The topological polar surface area (TPSA) is 174 Å². The van der Waals surface area contributed by atoms with Crippen LogP contribution in [0.5, 0.6) is 0 Å². The van der Waals surface area contributed by atoms with E-state index in [1.165, 1.54) is 38.5 Å². The first kappa shape index (κ1) is 37.6. The molecule has 0 spiro atoms. The van der Waals surface area contributed by atoms with Crippen LogP contribution in [0.25, 0.3) is 33.6 Å². The molecule has 2 fully saturated rings. The first-order chi connectivity index (χ1) is 26.1. The fourth-order valence-electron chi connectivity index (χ4n) is 7.84. The number of hydrogen-bond donors (Lipinski definition) is 3. The van der Waals surface area contributed by atoms with Crippen molar-refractivity contribution in [3.05, 3.63) is 48.6 Å². The van der Waals surface area contributed by atoms with E-state index < -0.39 is 8.07 Å². The van der Waals surface area contributed by atoms with E-state index in [0.717, 1.165) is 54.6 Å². The molecule has 8 rings (SSSR count). The van der Waals surface area contributed by atoms with Gasteiger partial charge in [0.05, 0.1) is 23.5 Å². The Labute approximate surface area is 316 Å². The third kappa shape index (κ3) is 8.33. The lowest BCUT2D eigenvalue weighted by Gasteiger charge is -2.28. The Kier molecular flexibility index (Phi) is 11.4. The molecule has 16 heteroatoms. The monoisotopic (exact) mass is 754 g/mol. The molecule has 0 radical (unpaired) electrons. The Morgan fingerprint density at radius 2 is 1.35 bits per heavy atom. The minimum atomic E-state index is -1.16. The number of carbonyl (C=O) groups excluding carboxylic acids is 2. The van der Waals surface area contributed by atoms with Crippen molar-refractivity contribution in [2.75, 3.05) is 6.61 Å². The highest BCUT2D eigenvalue weighted by atomic mass is 28.3. The summed E-state index contributed by atoms with van der Waals surface area (Å²) in [5, 5.41) is 22.4. The van der Waals surface area contributed by atoms with Crippen LogP contribution in [0.15, 0.2) is 37.4 Å². The number of aromatic amines is 1. The van der Waals surface area contributed by atoms with Crippen LogP contribution in [-0.4, -0.2) is 87.3 Å². The van der Waals surface area contributed by atoms with E-state index in [1.54, 1.807) is 35.6 Å². The van der Waals surface area contributed by atoms with Gasteiger partial charge in [-0.3, -0.25) is 18.4 Å². The van der Waals surface area contributed by atoms with Crippen molar-refractivity contribution in [3.63, 3.8) is 0 Å². The van der Waals surface area contributed by atoms with Crippen LogP contribution in [0.4, 0.5) is 0 Å². The molecule has 2 amide bonds. The Balaban J connectivity index is 0.000000174. The second-order valence-corrected chi connectivity index (χ2v) is 21.9. The first-order valence-electron chi connectivity index (χ1n) is 19.6. The lowest BCUT2D eigenvalue weighted by atomic mass is 9.84. The SMILES string of the molecule is CCC1CCC(NC(=O)c2c[nH]c3ncc4nncn4c23)CC1.CCC1CCC(NC(=O)c2cn(COCC[Si](C)(C)C)c3ncc4nncn4c23)CC1. The van der Waals surface area contributed by atoms with E-state index in [2.05, 4.69) is 79.5 Å². The lowest BCUT2D eigenvalue weighted by Crippen LogP contribution is -2.37. The van der Waals surface area contributed by atoms with E-state index in [9.17, 15) is 9.59 Å². The van der Waals surface area contributed by atoms with Crippen molar-refractivity contribution >= 4 is 53.5 Å². The molecule has 3 N–H and O–H groups in total. The van der Waals surface area contributed by atoms with Crippen LogP contribution in [0.3, 0.4) is 0 Å². The summed E-state index contributed by atoms with van der Waals surface area (Å²) in [6.07, 6.45) is 21.6. The van der Waals surface area contributed by atoms with Gasteiger partial charge >= 0.3 is 0 Å². The van der Waals surface area contributed by atoms with Crippen LogP contribution in [-0.2, 0) is 11.5 Å². The molecule has 0 unspecified atom stereocenters. The Hall–Kier alpha value is -4.70. The van der Waals surface area contributed by atoms with Crippen molar-refractivity contribution in [1.82, 2.24) is 59.3 Å². The van der Waals surface area contributed by atoms with Crippen LogP contribution in [0, 0.1) is 11.8 Å². The van der Waals surface area contributed by atoms with Gasteiger partial charge in [0.2, 0.25) is 0 Å². The number of H-pyrrole nitrogens is 1.